The van der Waals surface area contributed by atoms with Crippen molar-refractivity contribution < 1.29 is 24.3 Å². The van der Waals surface area contributed by atoms with E-state index in [1.54, 1.807) is 0 Å². The minimum atomic E-state index is -1.05. The number of Topliss-reactive ketones (excluding diaryl/α,β-unsaturated/α-hetero) is 1. The Morgan fingerprint density at radius 3 is 2.16 bits per heavy atom. The number of ketones is 1. The molecule has 19 heavy (non-hydrogen) atoms. The molecule has 0 aliphatic heterocycles. The van der Waals surface area contributed by atoms with Crippen molar-refractivity contribution in [3.8, 4) is 0 Å². The number of carboxylic acids is 1. The number of unbranched alkanes of at least 4 members (excludes halogenated alkanes) is 1. The standard InChI is InChI=1S/C12H20N2O5/c1-9(15)4-2-3-7-13-11(17)8-14-10(16)5-6-12(18)19/h2-8H2,1H3,(H,13,17)(H,14,16)(H,18,19). The van der Waals surface area contributed by atoms with Crippen molar-refractivity contribution in [1.82, 2.24) is 10.6 Å². The lowest BCUT2D eigenvalue weighted by molar-refractivity contribution is -0.138. The molecule has 0 bridgehead atoms. The van der Waals surface area contributed by atoms with Crippen LogP contribution in [0, 0.1) is 0 Å². The van der Waals surface area contributed by atoms with E-state index in [9.17, 15) is 19.2 Å². The van der Waals surface area contributed by atoms with Crippen LogP contribution in [0.3, 0.4) is 0 Å². The van der Waals surface area contributed by atoms with E-state index in [0.29, 0.717) is 19.4 Å². The first-order valence-corrected chi connectivity index (χ1v) is 6.16. The van der Waals surface area contributed by atoms with Crippen molar-refractivity contribution in [2.45, 2.75) is 39.0 Å². The quantitative estimate of drug-likeness (QED) is 0.478. The van der Waals surface area contributed by atoms with Crippen LogP contribution < -0.4 is 10.6 Å². The number of hydrogen-bond donors (Lipinski definition) is 3. The molecule has 0 aliphatic carbocycles. The first-order chi connectivity index (χ1) is 8.91. The van der Waals surface area contributed by atoms with E-state index < -0.39 is 11.9 Å². The molecular formula is C12H20N2O5. The van der Waals surface area contributed by atoms with Gasteiger partial charge in [0.25, 0.3) is 0 Å². The average molecular weight is 272 g/mol. The van der Waals surface area contributed by atoms with E-state index in [2.05, 4.69) is 10.6 Å². The highest BCUT2D eigenvalue weighted by molar-refractivity contribution is 5.86. The lowest BCUT2D eigenvalue weighted by Crippen LogP contribution is -2.37. The Balaban J connectivity index is 3.51. The van der Waals surface area contributed by atoms with Gasteiger partial charge in [0.1, 0.15) is 5.78 Å². The molecule has 7 nitrogen and oxygen atoms in total. The Morgan fingerprint density at radius 1 is 0.895 bits per heavy atom. The van der Waals surface area contributed by atoms with E-state index in [0.717, 1.165) is 6.42 Å². The zero-order valence-electron chi connectivity index (χ0n) is 11.0. The molecule has 0 saturated carbocycles. The highest BCUT2D eigenvalue weighted by Gasteiger charge is 2.07. The number of carboxylic acid groups (broad SMARTS) is 1. The number of carbonyl (C=O) groups is 4. The van der Waals surface area contributed by atoms with E-state index in [4.69, 9.17) is 5.11 Å². The largest absolute Gasteiger partial charge is 0.481 e. The Kier molecular flexibility index (Phi) is 9.03. The number of hydrogen-bond acceptors (Lipinski definition) is 4. The molecular weight excluding hydrogens is 252 g/mol. The lowest BCUT2D eigenvalue weighted by atomic mass is 10.2. The molecule has 0 aromatic carbocycles. The summed E-state index contributed by atoms with van der Waals surface area (Å²) < 4.78 is 0. The fourth-order valence-corrected chi connectivity index (χ4v) is 1.28. The molecule has 108 valence electrons. The fraction of sp³-hybridized carbons (Fsp3) is 0.667. The molecule has 7 heteroatoms. The van der Waals surface area contributed by atoms with Gasteiger partial charge in [-0.1, -0.05) is 0 Å². The topological polar surface area (TPSA) is 113 Å². The third-order valence-electron chi connectivity index (χ3n) is 2.29. The van der Waals surface area contributed by atoms with Gasteiger partial charge in [-0.15, -0.1) is 0 Å². The van der Waals surface area contributed by atoms with Crippen LogP contribution in [0.25, 0.3) is 0 Å². The molecule has 2 amide bonds. The van der Waals surface area contributed by atoms with Crippen LogP contribution in [-0.4, -0.2) is 41.8 Å². The van der Waals surface area contributed by atoms with E-state index in [1.807, 2.05) is 0 Å². The van der Waals surface area contributed by atoms with Crippen LogP contribution in [-0.2, 0) is 19.2 Å². The highest BCUT2D eigenvalue weighted by atomic mass is 16.4. The third-order valence-corrected chi connectivity index (χ3v) is 2.29. The number of carbonyl (C=O) groups excluding carboxylic acids is 3. The molecule has 0 unspecified atom stereocenters. The summed E-state index contributed by atoms with van der Waals surface area (Å²) in [5, 5.41) is 13.3. The first kappa shape index (κ1) is 17.1. The Hall–Kier alpha value is -1.92. The summed E-state index contributed by atoms with van der Waals surface area (Å²) in [4.78, 5) is 43.2. The zero-order valence-corrected chi connectivity index (χ0v) is 11.0. The molecule has 0 saturated heterocycles. The van der Waals surface area contributed by atoms with Crippen LogP contribution in [0.4, 0.5) is 0 Å². The van der Waals surface area contributed by atoms with Crippen LogP contribution in [0.2, 0.25) is 0 Å². The minimum absolute atomic E-state index is 0.122. The molecule has 0 aromatic heterocycles. The maximum atomic E-state index is 11.3. The van der Waals surface area contributed by atoms with Crippen LogP contribution in [0.15, 0.2) is 0 Å². The molecule has 0 rings (SSSR count). The van der Waals surface area contributed by atoms with Crippen LogP contribution in [0.1, 0.15) is 39.0 Å². The van der Waals surface area contributed by atoms with Gasteiger partial charge in [-0.05, 0) is 19.8 Å². The summed E-state index contributed by atoms with van der Waals surface area (Å²) in [7, 11) is 0. The van der Waals surface area contributed by atoms with Gasteiger partial charge in [0.05, 0.1) is 13.0 Å². The van der Waals surface area contributed by atoms with Crippen LogP contribution >= 0.6 is 0 Å². The molecule has 0 aliphatic rings. The van der Waals surface area contributed by atoms with Gasteiger partial charge >= 0.3 is 5.97 Å². The van der Waals surface area contributed by atoms with E-state index >= 15 is 0 Å². The van der Waals surface area contributed by atoms with Gasteiger partial charge in [-0.3, -0.25) is 14.4 Å². The van der Waals surface area contributed by atoms with Crippen molar-refractivity contribution in [3.63, 3.8) is 0 Å². The zero-order chi connectivity index (χ0) is 14.7. The van der Waals surface area contributed by atoms with Crippen molar-refractivity contribution in [1.29, 1.82) is 0 Å². The summed E-state index contributed by atoms with van der Waals surface area (Å²) in [5.74, 6) is -1.72. The Labute approximate surface area is 111 Å². The smallest absolute Gasteiger partial charge is 0.303 e. The van der Waals surface area contributed by atoms with Gasteiger partial charge in [0.2, 0.25) is 11.8 Å². The number of aliphatic carboxylic acids is 1. The second kappa shape index (κ2) is 10.0. The maximum absolute atomic E-state index is 11.3. The van der Waals surface area contributed by atoms with Gasteiger partial charge in [0, 0.05) is 19.4 Å². The summed E-state index contributed by atoms with van der Waals surface area (Å²) in [6, 6.07) is 0. The number of nitrogens with one attached hydrogen (secondary N) is 2. The molecule has 0 fully saturated rings. The normalized spacial score (nSPS) is 9.74. The highest BCUT2D eigenvalue weighted by Crippen LogP contribution is 1.94. The minimum Gasteiger partial charge on any atom is -0.481 e. The summed E-state index contributed by atoms with van der Waals surface area (Å²) >= 11 is 0. The second-order valence-corrected chi connectivity index (χ2v) is 4.18. The molecule has 0 atom stereocenters. The average Bonchev–Trinajstić information content (AvgIpc) is 2.33. The predicted octanol–water partition coefficient (Wildman–Crippen LogP) is -0.157. The predicted molar refractivity (Wildman–Crippen MR) is 67.4 cm³/mol. The monoisotopic (exact) mass is 272 g/mol. The SMILES string of the molecule is CC(=O)CCCCNC(=O)CNC(=O)CCC(=O)O. The van der Waals surface area contributed by atoms with Gasteiger partial charge in [-0.2, -0.15) is 0 Å². The molecule has 0 aromatic rings. The molecule has 0 spiro atoms. The fourth-order valence-electron chi connectivity index (χ4n) is 1.28. The molecule has 0 heterocycles. The molecule has 0 radical (unpaired) electrons. The Morgan fingerprint density at radius 2 is 1.58 bits per heavy atom. The number of rotatable bonds is 10. The maximum Gasteiger partial charge on any atom is 0.303 e. The molecule has 3 N–H and O–H groups in total. The van der Waals surface area contributed by atoms with Gasteiger partial charge in [0.15, 0.2) is 0 Å². The summed E-state index contributed by atoms with van der Waals surface area (Å²) in [5.41, 5.74) is 0. The summed E-state index contributed by atoms with van der Waals surface area (Å²) in [6.45, 7) is 1.81. The van der Waals surface area contributed by atoms with E-state index in [-0.39, 0.29) is 31.1 Å². The van der Waals surface area contributed by atoms with Gasteiger partial charge < -0.3 is 20.5 Å². The van der Waals surface area contributed by atoms with Crippen LogP contribution in [0.5, 0.6) is 0 Å². The number of amides is 2. The summed E-state index contributed by atoms with van der Waals surface area (Å²) in [6.07, 6.45) is 1.54. The lowest BCUT2D eigenvalue weighted by Gasteiger charge is -2.06. The van der Waals surface area contributed by atoms with Crippen molar-refractivity contribution >= 4 is 23.6 Å². The van der Waals surface area contributed by atoms with E-state index in [1.165, 1.54) is 6.92 Å². The first-order valence-electron chi connectivity index (χ1n) is 6.16. The van der Waals surface area contributed by atoms with Gasteiger partial charge in [-0.25, -0.2) is 0 Å². The Bertz CT molecular complexity index is 341. The van der Waals surface area contributed by atoms with Crippen molar-refractivity contribution in [2.75, 3.05) is 13.1 Å². The van der Waals surface area contributed by atoms with Crippen molar-refractivity contribution in [2.24, 2.45) is 0 Å². The second-order valence-electron chi connectivity index (χ2n) is 4.18. The third kappa shape index (κ3) is 12.3. The van der Waals surface area contributed by atoms with Crippen molar-refractivity contribution in [3.05, 3.63) is 0 Å².